The number of piperidine rings is 1. The highest BCUT2D eigenvalue weighted by Crippen LogP contribution is 2.50. The van der Waals surface area contributed by atoms with E-state index < -0.39 is 56.7 Å². The maximum absolute atomic E-state index is 13.5. The van der Waals surface area contributed by atoms with Gasteiger partial charge in [0.2, 0.25) is 10.0 Å². The third-order valence-corrected chi connectivity index (χ3v) is 9.00. The Bertz CT molecular complexity index is 1320. The van der Waals surface area contributed by atoms with Gasteiger partial charge in [-0.15, -0.1) is 11.3 Å². The van der Waals surface area contributed by atoms with Crippen molar-refractivity contribution >= 4 is 21.4 Å². The van der Waals surface area contributed by atoms with Crippen molar-refractivity contribution < 1.29 is 34.8 Å². The molecule has 3 aromatic heterocycles. The van der Waals surface area contributed by atoms with E-state index in [1.54, 1.807) is 0 Å². The molecule has 1 fully saturated rings. The van der Waals surface area contributed by atoms with E-state index in [1.807, 2.05) is 0 Å². The van der Waals surface area contributed by atoms with Crippen LogP contribution in [0.2, 0.25) is 0 Å². The van der Waals surface area contributed by atoms with Crippen LogP contribution >= 0.6 is 11.3 Å². The molecular formula is C19H15F6N5O2S2. The molecule has 3 atom stereocenters. The number of H-pyrrole nitrogens is 1. The van der Waals surface area contributed by atoms with Gasteiger partial charge in [-0.3, -0.25) is 10.1 Å². The zero-order valence-electron chi connectivity index (χ0n) is 16.9. The first-order valence-electron chi connectivity index (χ1n) is 9.97. The normalized spacial score (nSPS) is 23.6. The number of alkyl halides is 6. The number of hydrogen-bond donors (Lipinski definition) is 1. The number of fused-ring (bicyclic) bond motifs is 4. The topological polar surface area (TPSA) is 91.8 Å². The van der Waals surface area contributed by atoms with Crippen LogP contribution in [0.25, 0.3) is 0 Å². The molecule has 3 aromatic rings. The van der Waals surface area contributed by atoms with Crippen molar-refractivity contribution in [3.8, 4) is 0 Å². The summed E-state index contributed by atoms with van der Waals surface area (Å²) in [6.45, 7) is 0. The summed E-state index contributed by atoms with van der Waals surface area (Å²) in [6, 6.07) is 0.0473. The van der Waals surface area contributed by atoms with Crippen LogP contribution in [0.4, 0.5) is 26.3 Å². The summed E-state index contributed by atoms with van der Waals surface area (Å²) >= 11 is 0.875. The average Bonchev–Trinajstić information content (AvgIpc) is 3.42. The summed E-state index contributed by atoms with van der Waals surface area (Å²) in [6.07, 6.45) is -6.57. The number of hydrogen-bond acceptors (Lipinski definition) is 6. The monoisotopic (exact) mass is 523 g/mol. The number of rotatable bonds is 3. The van der Waals surface area contributed by atoms with Crippen molar-refractivity contribution in [2.24, 2.45) is 0 Å². The lowest BCUT2D eigenvalue weighted by molar-refractivity contribution is -0.141. The van der Waals surface area contributed by atoms with Gasteiger partial charge in [-0.25, -0.2) is 13.4 Å². The van der Waals surface area contributed by atoms with Crippen molar-refractivity contribution in [3.05, 3.63) is 57.6 Å². The van der Waals surface area contributed by atoms with Gasteiger partial charge in [0, 0.05) is 41.2 Å². The summed E-state index contributed by atoms with van der Waals surface area (Å²) in [5.41, 5.74) is -0.906. The van der Waals surface area contributed by atoms with Crippen molar-refractivity contribution in [1.82, 2.24) is 24.5 Å². The summed E-state index contributed by atoms with van der Waals surface area (Å²) in [7, 11) is -4.26. The fraction of sp³-hybridized carbons (Fsp3) is 0.421. The number of nitrogens with zero attached hydrogens (tertiary/aromatic N) is 4. The summed E-state index contributed by atoms with van der Waals surface area (Å²) in [5.74, 6) is -0.420. The van der Waals surface area contributed by atoms with E-state index >= 15 is 0 Å². The van der Waals surface area contributed by atoms with Gasteiger partial charge < -0.3 is 0 Å². The van der Waals surface area contributed by atoms with E-state index in [2.05, 4.69) is 20.2 Å². The smallest absolute Gasteiger partial charge is 0.282 e. The highest BCUT2D eigenvalue weighted by Gasteiger charge is 2.49. The molecule has 15 heteroatoms. The van der Waals surface area contributed by atoms with E-state index in [4.69, 9.17) is 0 Å². The maximum Gasteiger partial charge on any atom is 0.434 e. The third-order valence-electron chi connectivity index (χ3n) is 6.05. The first-order valence-corrected chi connectivity index (χ1v) is 12.3. The van der Waals surface area contributed by atoms with Crippen LogP contribution in [0, 0.1) is 0 Å². The van der Waals surface area contributed by atoms with Gasteiger partial charge in [0.15, 0.2) is 5.69 Å². The molecule has 5 rings (SSSR count). The molecule has 2 aliphatic rings. The molecule has 0 aromatic carbocycles. The first-order chi connectivity index (χ1) is 15.9. The lowest BCUT2D eigenvalue weighted by Gasteiger charge is -2.46. The van der Waals surface area contributed by atoms with Gasteiger partial charge in [-0.05, 0) is 25.0 Å². The van der Waals surface area contributed by atoms with Gasteiger partial charge in [0.25, 0.3) is 0 Å². The van der Waals surface area contributed by atoms with E-state index in [-0.39, 0.29) is 24.3 Å². The van der Waals surface area contributed by atoms with E-state index in [0.717, 1.165) is 28.5 Å². The molecule has 3 unspecified atom stereocenters. The predicted octanol–water partition coefficient (Wildman–Crippen LogP) is 4.53. The van der Waals surface area contributed by atoms with E-state index in [9.17, 15) is 34.8 Å². The Morgan fingerprint density at radius 1 is 1.03 bits per heavy atom. The second-order valence-electron chi connectivity index (χ2n) is 8.13. The van der Waals surface area contributed by atoms with Crippen molar-refractivity contribution in [2.75, 3.05) is 0 Å². The molecule has 0 spiro atoms. The van der Waals surface area contributed by atoms with Gasteiger partial charge in [-0.1, -0.05) is 0 Å². The van der Waals surface area contributed by atoms with Crippen LogP contribution in [0.5, 0.6) is 0 Å². The molecular weight excluding hydrogens is 508 g/mol. The van der Waals surface area contributed by atoms with Crippen molar-refractivity contribution in [2.45, 2.75) is 54.5 Å². The number of nitrogens with one attached hydrogen (secondary N) is 1. The van der Waals surface area contributed by atoms with Gasteiger partial charge >= 0.3 is 12.4 Å². The Morgan fingerprint density at radius 2 is 1.76 bits per heavy atom. The number of aromatic nitrogens is 4. The molecule has 5 heterocycles. The highest BCUT2D eigenvalue weighted by molar-refractivity contribution is 7.89. The van der Waals surface area contributed by atoms with Crippen LogP contribution in [0.3, 0.4) is 0 Å². The standard InChI is InChI=1S/C19H15F6N5O2S2/c20-18(21,22)15-2-1-11(6-26-15)34(31,32)30-10-3-9(17-28-16(8-33-17)19(23,24)25)4-14(30)12-7-27-29-13(12)5-10/h1-2,6-10,14H,3-5H2,(H,27,29). The molecule has 1 N–H and O–H groups in total. The molecule has 0 saturated carbocycles. The second kappa shape index (κ2) is 7.75. The Morgan fingerprint density at radius 3 is 2.38 bits per heavy atom. The number of pyridine rings is 1. The van der Waals surface area contributed by atoms with Crippen molar-refractivity contribution in [3.63, 3.8) is 0 Å². The maximum atomic E-state index is 13.5. The summed E-state index contributed by atoms with van der Waals surface area (Å²) in [5, 5.41) is 8.01. The van der Waals surface area contributed by atoms with Gasteiger partial charge in [0.05, 0.1) is 17.2 Å². The van der Waals surface area contributed by atoms with Gasteiger partial charge in [-0.2, -0.15) is 35.7 Å². The van der Waals surface area contributed by atoms with Crippen LogP contribution < -0.4 is 0 Å². The zero-order valence-corrected chi connectivity index (χ0v) is 18.6. The summed E-state index contributed by atoms with van der Waals surface area (Å²) in [4.78, 5) is 6.61. The molecule has 182 valence electrons. The molecule has 0 amide bonds. The fourth-order valence-corrected chi connectivity index (χ4v) is 7.31. The molecule has 34 heavy (non-hydrogen) atoms. The lowest BCUT2D eigenvalue weighted by atomic mass is 9.79. The summed E-state index contributed by atoms with van der Waals surface area (Å²) < 4.78 is 106. The van der Waals surface area contributed by atoms with Crippen molar-refractivity contribution in [1.29, 1.82) is 0 Å². The minimum atomic E-state index is -4.72. The SMILES string of the molecule is O=S(=O)(c1ccc(C(F)(F)F)nc1)N1C2Cc3[nH]ncc3C1CC(c1nc(C(F)(F)F)cs1)C2. The van der Waals surface area contributed by atoms with Crippen LogP contribution in [-0.2, 0) is 28.8 Å². The minimum absolute atomic E-state index is 0.154. The third kappa shape index (κ3) is 3.88. The molecule has 1 saturated heterocycles. The Labute approximate surface area is 192 Å². The molecule has 7 nitrogen and oxygen atoms in total. The van der Waals surface area contributed by atoms with E-state index in [1.165, 1.54) is 10.5 Å². The lowest BCUT2D eigenvalue weighted by Crippen LogP contribution is -2.51. The Balaban J connectivity index is 1.50. The molecule has 0 aliphatic carbocycles. The van der Waals surface area contributed by atoms with Crippen LogP contribution in [0.15, 0.2) is 34.8 Å². The van der Waals surface area contributed by atoms with Crippen LogP contribution in [0.1, 0.15) is 52.5 Å². The fourth-order valence-electron chi connectivity index (χ4n) is 4.60. The predicted molar refractivity (Wildman–Crippen MR) is 106 cm³/mol. The number of aromatic amines is 1. The van der Waals surface area contributed by atoms with E-state index in [0.29, 0.717) is 17.8 Å². The molecule has 0 radical (unpaired) electrons. The number of halogens is 6. The number of thiazole rings is 1. The van der Waals surface area contributed by atoms with Crippen LogP contribution in [-0.4, -0.2) is 38.9 Å². The Hall–Kier alpha value is -2.52. The first kappa shape index (κ1) is 23.2. The average molecular weight is 523 g/mol. The highest BCUT2D eigenvalue weighted by atomic mass is 32.2. The molecule has 2 aliphatic heterocycles. The Kier molecular flexibility index (Phi) is 5.29. The minimum Gasteiger partial charge on any atom is -0.282 e. The zero-order chi connectivity index (χ0) is 24.5. The second-order valence-corrected chi connectivity index (χ2v) is 10.9. The quantitative estimate of drug-likeness (QED) is 0.510. The number of sulfonamides is 1. The largest absolute Gasteiger partial charge is 0.434 e. The molecule has 2 bridgehead atoms. The van der Waals surface area contributed by atoms with Gasteiger partial charge in [0.1, 0.15) is 10.6 Å².